The molecule has 3 nitrogen and oxygen atoms in total. The van der Waals surface area contributed by atoms with Crippen LogP contribution in [0.4, 0.5) is 22.7 Å². The minimum atomic E-state index is -0.974. The van der Waals surface area contributed by atoms with E-state index in [-0.39, 0.29) is 0 Å². The Morgan fingerprint density at radius 3 is 1.43 bits per heavy atom. The fourth-order valence-electron chi connectivity index (χ4n) is 6.11. The number of nitrogens with zero attached hydrogens (tertiary/aromatic N) is 3. The van der Waals surface area contributed by atoms with Crippen molar-refractivity contribution in [2.75, 3.05) is 14.0 Å². The zero-order valence-electron chi connectivity index (χ0n) is 21.5. The van der Waals surface area contributed by atoms with E-state index in [9.17, 15) is 0 Å². The van der Waals surface area contributed by atoms with Crippen LogP contribution in [0.25, 0.3) is 21.5 Å². The third-order valence-electron chi connectivity index (χ3n) is 7.90. The molecule has 0 radical (unpaired) electrons. The molecule has 0 spiro atoms. The first kappa shape index (κ1) is 24.1. The summed E-state index contributed by atoms with van der Waals surface area (Å²) in [6.07, 6.45) is 0. The van der Waals surface area contributed by atoms with Gasteiger partial charge in [0.05, 0.1) is 35.8 Å². The van der Waals surface area contributed by atoms with Gasteiger partial charge in [0.2, 0.25) is 8.37 Å². The van der Waals surface area contributed by atoms with E-state index in [2.05, 4.69) is 123 Å². The molecule has 2 aliphatic rings. The molecule has 0 bridgehead atoms. The summed E-state index contributed by atoms with van der Waals surface area (Å²) in [5, 5.41) is 6.56. The molecule has 0 saturated carbocycles. The summed E-state index contributed by atoms with van der Waals surface area (Å²) < 4.78 is 7.61. The van der Waals surface area contributed by atoms with Gasteiger partial charge in [-0.15, -0.1) is 0 Å². The van der Waals surface area contributed by atoms with Crippen LogP contribution in [0.5, 0.6) is 0 Å². The van der Waals surface area contributed by atoms with Crippen LogP contribution in [0.2, 0.25) is 10.0 Å². The Hall–Kier alpha value is -3.75. The summed E-state index contributed by atoms with van der Waals surface area (Å²) in [6, 6.07) is 43.0. The highest BCUT2D eigenvalue weighted by atomic mass is 35.5. The standard InChI is InChI=1S/C34H24Cl2N3P/c35-27-15-17-31-33(19-27)37(21-25-11-5-9-23-7-1-3-13-29(23)25)40-38(34-20-28(36)16-18-32(34)39(31)40)22-26-12-6-10-24-8-2-4-14-30(24)26/h1-20H,21-22H2. The molecule has 0 atom stereocenters. The summed E-state index contributed by atoms with van der Waals surface area (Å²) in [6.45, 7) is 1.54. The molecule has 6 aromatic rings. The number of hydrogen-bond acceptors (Lipinski definition) is 3. The second-order valence-corrected chi connectivity index (χ2v) is 13.0. The van der Waals surface area contributed by atoms with Gasteiger partial charge in [-0.05, 0) is 69.1 Å². The summed E-state index contributed by atoms with van der Waals surface area (Å²) >= 11 is 13.3. The molecule has 194 valence electrons. The van der Waals surface area contributed by atoms with Crippen molar-refractivity contribution in [2.24, 2.45) is 0 Å². The molecule has 2 aliphatic heterocycles. The first-order valence-electron chi connectivity index (χ1n) is 13.3. The largest absolute Gasteiger partial charge is 0.310 e. The number of rotatable bonds is 4. The van der Waals surface area contributed by atoms with E-state index in [0.717, 1.165) is 34.5 Å². The normalized spacial score (nSPS) is 14.2. The summed E-state index contributed by atoms with van der Waals surface area (Å²) in [4.78, 5) is 0. The lowest BCUT2D eigenvalue weighted by atomic mass is 10.0. The Morgan fingerprint density at radius 2 is 0.925 bits per heavy atom. The molecule has 2 heterocycles. The van der Waals surface area contributed by atoms with Crippen molar-refractivity contribution in [1.82, 2.24) is 0 Å². The van der Waals surface area contributed by atoms with Crippen molar-refractivity contribution in [3.8, 4) is 0 Å². The number of anilines is 4. The molecule has 6 aromatic carbocycles. The molecule has 8 rings (SSSR count). The molecule has 0 saturated heterocycles. The molecular weight excluding hydrogens is 552 g/mol. The van der Waals surface area contributed by atoms with Crippen LogP contribution in [-0.4, -0.2) is 0 Å². The smallest absolute Gasteiger partial charge is 0.214 e. The molecular formula is C34H24Cl2N3P. The minimum absolute atomic E-state index is 0.746. The second kappa shape index (κ2) is 9.42. The maximum atomic E-state index is 6.63. The van der Waals surface area contributed by atoms with Crippen molar-refractivity contribution in [2.45, 2.75) is 13.1 Å². The van der Waals surface area contributed by atoms with Crippen LogP contribution in [0, 0.1) is 0 Å². The molecule has 0 fully saturated rings. The Bertz CT molecular complexity index is 1790. The van der Waals surface area contributed by atoms with E-state index in [1.54, 1.807) is 0 Å². The van der Waals surface area contributed by atoms with Crippen LogP contribution >= 0.6 is 31.6 Å². The van der Waals surface area contributed by atoms with E-state index in [0.29, 0.717) is 0 Å². The van der Waals surface area contributed by atoms with Crippen LogP contribution in [0.15, 0.2) is 121 Å². The zero-order valence-corrected chi connectivity index (χ0v) is 23.9. The number of benzene rings is 6. The quantitative estimate of drug-likeness (QED) is 0.193. The number of halogens is 2. The number of fused-ring (bicyclic) bond motifs is 7. The maximum Gasteiger partial charge on any atom is 0.214 e. The Morgan fingerprint density at radius 1 is 0.475 bits per heavy atom. The van der Waals surface area contributed by atoms with Gasteiger partial charge >= 0.3 is 0 Å². The van der Waals surface area contributed by atoms with Gasteiger partial charge in [0.15, 0.2) is 0 Å². The van der Waals surface area contributed by atoms with Crippen LogP contribution < -0.4 is 14.0 Å². The summed E-state index contributed by atoms with van der Waals surface area (Å²) in [7, 11) is -0.974. The van der Waals surface area contributed by atoms with Gasteiger partial charge in [0.1, 0.15) is 0 Å². The molecule has 0 N–H and O–H groups in total. The third-order valence-corrected chi connectivity index (χ3v) is 10.7. The molecule has 40 heavy (non-hydrogen) atoms. The van der Waals surface area contributed by atoms with Crippen molar-refractivity contribution in [3.05, 3.63) is 142 Å². The SMILES string of the molecule is Clc1ccc2c(c1)N(Cc1cccc3ccccc13)P1N(Cc3cccc4ccccc34)c3cc(Cl)ccc3N21. The van der Waals surface area contributed by atoms with Crippen molar-refractivity contribution in [3.63, 3.8) is 0 Å². The minimum Gasteiger partial charge on any atom is -0.310 e. The lowest BCUT2D eigenvalue weighted by Crippen LogP contribution is -2.26. The van der Waals surface area contributed by atoms with Crippen LogP contribution in [-0.2, 0) is 13.1 Å². The lowest BCUT2D eigenvalue weighted by Gasteiger charge is -2.34. The van der Waals surface area contributed by atoms with E-state index < -0.39 is 8.37 Å². The first-order valence-corrected chi connectivity index (χ1v) is 15.3. The van der Waals surface area contributed by atoms with Gasteiger partial charge in [-0.25, -0.2) is 0 Å². The monoisotopic (exact) mass is 575 g/mol. The summed E-state index contributed by atoms with van der Waals surface area (Å²) in [5.74, 6) is 0. The van der Waals surface area contributed by atoms with Gasteiger partial charge in [0.25, 0.3) is 0 Å². The molecule has 0 aliphatic carbocycles. The zero-order chi connectivity index (χ0) is 26.8. The third kappa shape index (κ3) is 3.77. The highest BCUT2D eigenvalue weighted by Gasteiger charge is 2.48. The van der Waals surface area contributed by atoms with Crippen molar-refractivity contribution < 1.29 is 0 Å². The fourth-order valence-corrected chi connectivity index (χ4v) is 9.12. The highest BCUT2D eigenvalue weighted by Crippen LogP contribution is 2.72. The maximum absolute atomic E-state index is 6.63. The Labute approximate surface area is 244 Å². The molecule has 0 unspecified atom stereocenters. The summed E-state index contributed by atoms with van der Waals surface area (Å²) in [5.41, 5.74) is 7.28. The van der Waals surface area contributed by atoms with Crippen LogP contribution in [0.1, 0.15) is 11.1 Å². The lowest BCUT2D eigenvalue weighted by molar-refractivity contribution is 1.02. The second-order valence-electron chi connectivity index (χ2n) is 10.2. The fraction of sp³-hybridized carbons (Fsp3) is 0.0588. The highest BCUT2D eigenvalue weighted by molar-refractivity contribution is 7.64. The average Bonchev–Trinajstić information content (AvgIpc) is 3.45. The van der Waals surface area contributed by atoms with Crippen molar-refractivity contribution >= 4 is 75.9 Å². The Balaban J connectivity index is 1.31. The van der Waals surface area contributed by atoms with E-state index >= 15 is 0 Å². The van der Waals surface area contributed by atoms with Gasteiger partial charge in [-0.2, -0.15) is 0 Å². The predicted octanol–water partition coefficient (Wildman–Crippen LogP) is 10.7. The molecule has 0 aromatic heterocycles. The molecule has 6 heteroatoms. The van der Waals surface area contributed by atoms with E-state index in [1.807, 2.05) is 12.1 Å². The van der Waals surface area contributed by atoms with Gasteiger partial charge in [-0.1, -0.05) is 108 Å². The van der Waals surface area contributed by atoms with Gasteiger partial charge in [0, 0.05) is 10.0 Å². The average molecular weight is 576 g/mol. The Kier molecular flexibility index (Phi) is 5.67. The molecule has 0 amide bonds. The topological polar surface area (TPSA) is 9.72 Å². The first-order chi connectivity index (χ1) is 19.7. The van der Waals surface area contributed by atoms with Crippen molar-refractivity contribution in [1.29, 1.82) is 0 Å². The van der Waals surface area contributed by atoms with E-state index in [4.69, 9.17) is 23.2 Å². The number of hydrogen-bond donors (Lipinski definition) is 0. The van der Waals surface area contributed by atoms with Crippen LogP contribution in [0.3, 0.4) is 0 Å². The van der Waals surface area contributed by atoms with Gasteiger partial charge < -0.3 is 9.34 Å². The van der Waals surface area contributed by atoms with Gasteiger partial charge in [-0.3, -0.25) is 4.67 Å². The van der Waals surface area contributed by atoms with E-state index in [1.165, 1.54) is 44.0 Å². The predicted molar refractivity (Wildman–Crippen MR) is 172 cm³/mol.